The summed E-state index contributed by atoms with van der Waals surface area (Å²) in [7, 11) is -2.02. The fraction of sp³-hybridized carbons (Fsp3) is 0.278. The molecule has 0 aliphatic heterocycles. The van der Waals surface area contributed by atoms with Crippen LogP contribution in [0.4, 0.5) is 0 Å². The lowest BCUT2D eigenvalue weighted by atomic mass is 10.1. The molecule has 1 amide bonds. The summed E-state index contributed by atoms with van der Waals surface area (Å²) >= 11 is 0. The van der Waals surface area contributed by atoms with E-state index < -0.39 is 10.0 Å². The lowest BCUT2D eigenvalue weighted by molar-refractivity contribution is -0.132. The SMILES string of the molecule is Cc1ccc(CN(C)C(=O)COc2ccc(S(N)(=O)=O)cc2)c(C)c1. The van der Waals surface area contributed by atoms with Crippen LogP contribution in [0.1, 0.15) is 16.7 Å². The predicted octanol–water partition coefficient (Wildman–Crippen LogP) is 1.99. The predicted molar refractivity (Wildman–Crippen MR) is 95.7 cm³/mol. The summed E-state index contributed by atoms with van der Waals surface area (Å²) in [5.41, 5.74) is 3.40. The van der Waals surface area contributed by atoms with Crippen molar-refractivity contribution in [3.05, 3.63) is 59.2 Å². The zero-order valence-electron chi connectivity index (χ0n) is 14.5. The minimum absolute atomic E-state index is 0.00172. The number of nitrogens with two attached hydrogens (primary N) is 1. The highest BCUT2D eigenvalue weighted by molar-refractivity contribution is 7.89. The largest absolute Gasteiger partial charge is 0.484 e. The fourth-order valence-electron chi connectivity index (χ4n) is 2.35. The van der Waals surface area contributed by atoms with Crippen molar-refractivity contribution in [3.8, 4) is 5.75 Å². The first-order chi connectivity index (χ1) is 11.7. The summed E-state index contributed by atoms with van der Waals surface area (Å²) in [6, 6.07) is 11.7. The van der Waals surface area contributed by atoms with Crippen molar-refractivity contribution in [1.82, 2.24) is 4.90 Å². The highest BCUT2D eigenvalue weighted by Gasteiger charge is 2.12. The molecule has 0 heterocycles. The van der Waals surface area contributed by atoms with E-state index in [1.165, 1.54) is 29.8 Å². The highest BCUT2D eigenvalue weighted by atomic mass is 32.2. The van der Waals surface area contributed by atoms with Crippen molar-refractivity contribution in [2.75, 3.05) is 13.7 Å². The average Bonchev–Trinajstić information content (AvgIpc) is 2.54. The van der Waals surface area contributed by atoms with Gasteiger partial charge in [-0.3, -0.25) is 4.79 Å². The highest BCUT2D eigenvalue weighted by Crippen LogP contribution is 2.16. The Labute approximate surface area is 148 Å². The van der Waals surface area contributed by atoms with Crippen molar-refractivity contribution in [3.63, 3.8) is 0 Å². The van der Waals surface area contributed by atoms with Crippen LogP contribution in [0.5, 0.6) is 5.75 Å². The maximum atomic E-state index is 12.2. The molecule has 0 unspecified atom stereocenters. The lowest BCUT2D eigenvalue weighted by Crippen LogP contribution is -2.31. The minimum atomic E-state index is -3.74. The molecule has 2 aromatic carbocycles. The first-order valence-corrected chi connectivity index (χ1v) is 9.27. The van der Waals surface area contributed by atoms with Gasteiger partial charge >= 0.3 is 0 Å². The smallest absolute Gasteiger partial charge is 0.260 e. The Hall–Kier alpha value is -2.38. The molecule has 0 radical (unpaired) electrons. The molecule has 2 aromatic rings. The normalized spacial score (nSPS) is 11.2. The van der Waals surface area contributed by atoms with E-state index in [9.17, 15) is 13.2 Å². The van der Waals surface area contributed by atoms with Crippen LogP contribution in [0.3, 0.4) is 0 Å². The van der Waals surface area contributed by atoms with Gasteiger partial charge in [-0.25, -0.2) is 13.6 Å². The molecule has 7 heteroatoms. The third-order valence-corrected chi connectivity index (χ3v) is 4.78. The molecule has 0 aliphatic rings. The molecular formula is C18H22N2O4S. The van der Waals surface area contributed by atoms with E-state index in [1.807, 2.05) is 26.0 Å². The molecule has 0 aliphatic carbocycles. The van der Waals surface area contributed by atoms with Gasteiger partial charge in [-0.1, -0.05) is 23.8 Å². The molecule has 0 aromatic heterocycles. The monoisotopic (exact) mass is 362 g/mol. The zero-order valence-corrected chi connectivity index (χ0v) is 15.3. The number of sulfonamides is 1. The number of carbonyl (C=O) groups is 1. The number of rotatable bonds is 6. The van der Waals surface area contributed by atoms with Gasteiger partial charge in [0.1, 0.15) is 5.75 Å². The third-order valence-electron chi connectivity index (χ3n) is 3.85. The summed E-state index contributed by atoms with van der Waals surface area (Å²) in [5.74, 6) is 0.233. The molecule has 0 saturated heterocycles. The first-order valence-electron chi connectivity index (χ1n) is 7.72. The van der Waals surface area contributed by atoms with E-state index in [2.05, 4.69) is 6.07 Å². The summed E-state index contributed by atoms with van der Waals surface area (Å²) in [4.78, 5) is 13.8. The van der Waals surface area contributed by atoms with Gasteiger partial charge < -0.3 is 9.64 Å². The summed E-state index contributed by atoms with van der Waals surface area (Å²) in [6.07, 6.45) is 0. The van der Waals surface area contributed by atoms with Gasteiger partial charge in [-0.2, -0.15) is 0 Å². The summed E-state index contributed by atoms with van der Waals surface area (Å²) in [5, 5.41) is 5.03. The Morgan fingerprint density at radius 2 is 1.76 bits per heavy atom. The van der Waals surface area contributed by atoms with Crippen LogP contribution in [0, 0.1) is 13.8 Å². The molecule has 0 fully saturated rings. The second-order valence-electron chi connectivity index (χ2n) is 5.98. The number of benzene rings is 2. The van der Waals surface area contributed by atoms with Gasteiger partial charge in [-0.15, -0.1) is 0 Å². The van der Waals surface area contributed by atoms with Gasteiger partial charge in [0.15, 0.2) is 6.61 Å². The molecule has 0 atom stereocenters. The molecule has 6 nitrogen and oxygen atoms in total. The number of hydrogen-bond acceptors (Lipinski definition) is 4. The molecule has 0 saturated carbocycles. The van der Waals surface area contributed by atoms with Crippen molar-refractivity contribution in [2.24, 2.45) is 5.14 Å². The van der Waals surface area contributed by atoms with Crippen molar-refractivity contribution in [2.45, 2.75) is 25.3 Å². The number of ether oxygens (including phenoxy) is 1. The van der Waals surface area contributed by atoms with E-state index in [1.54, 1.807) is 11.9 Å². The lowest BCUT2D eigenvalue weighted by Gasteiger charge is -2.19. The molecule has 2 rings (SSSR count). The van der Waals surface area contributed by atoms with Gasteiger partial charge in [0.2, 0.25) is 10.0 Å². The van der Waals surface area contributed by atoms with Crippen molar-refractivity contribution < 1.29 is 17.9 Å². The molecule has 2 N–H and O–H groups in total. The maximum Gasteiger partial charge on any atom is 0.260 e. The first kappa shape index (κ1) is 19.0. The fourth-order valence-corrected chi connectivity index (χ4v) is 2.86. The Bertz CT molecular complexity index is 861. The van der Waals surface area contributed by atoms with E-state index in [0.717, 1.165) is 11.1 Å². The number of aryl methyl sites for hydroxylation is 2. The van der Waals surface area contributed by atoms with Crippen molar-refractivity contribution >= 4 is 15.9 Å². The maximum absolute atomic E-state index is 12.2. The van der Waals surface area contributed by atoms with E-state index >= 15 is 0 Å². The van der Waals surface area contributed by atoms with Gasteiger partial charge in [0, 0.05) is 13.6 Å². The van der Waals surface area contributed by atoms with Crippen LogP contribution in [-0.4, -0.2) is 32.9 Å². The molecule has 0 bridgehead atoms. The second kappa shape index (κ2) is 7.67. The standard InChI is InChI=1S/C18H22N2O4S/c1-13-4-5-15(14(2)10-13)11-20(3)18(21)12-24-16-6-8-17(9-7-16)25(19,22)23/h4-10H,11-12H2,1-3H3,(H2,19,22,23). The van der Waals surface area contributed by atoms with E-state index in [4.69, 9.17) is 9.88 Å². The van der Waals surface area contributed by atoms with Crippen LogP contribution < -0.4 is 9.88 Å². The number of likely N-dealkylation sites (N-methyl/N-ethyl adjacent to an activating group) is 1. The molecular weight excluding hydrogens is 340 g/mol. The molecule has 134 valence electrons. The van der Waals surface area contributed by atoms with Gasteiger partial charge in [-0.05, 0) is 49.2 Å². The minimum Gasteiger partial charge on any atom is -0.484 e. The number of amides is 1. The molecule has 25 heavy (non-hydrogen) atoms. The Morgan fingerprint density at radius 3 is 2.32 bits per heavy atom. The Balaban J connectivity index is 1.93. The van der Waals surface area contributed by atoms with Crippen LogP contribution in [0.15, 0.2) is 47.4 Å². The van der Waals surface area contributed by atoms with Crippen molar-refractivity contribution in [1.29, 1.82) is 0 Å². The number of primary sulfonamides is 1. The average molecular weight is 362 g/mol. The van der Waals surface area contributed by atoms with Crippen LogP contribution in [-0.2, 0) is 21.4 Å². The van der Waals surface area contributed by atoms with Gasteiger partial charge in [0.25, 0.3) is 5.91 Å². The topological polar surface area (TPSA) is 89.7 Å². The van der Waals surface area contributed by atoms with Gasteiger partial charge in [0.05, 0.1) is 4.90 Å². The third kappa shape index (κ3) is 5.30. The summed E-state index contributed by atoms with van der Waals surface area (Å²) < 4.78 is 27.8. The second-order valence-corrected chi connectivity index (χ2v) is 7.55. The van der Waals surface area contributed by atoms with Crippen LogP contribution in [0.25, 0.3) is 0 Å². The Morgan fingerprint density at radius 1 is 1.12 bits per heavy atom. The molecule has 0 spiro atoms. The van der Waals surface area contributed by atoms with E-state index in [-0.39, 0.29) is 17.4 Å². The zero-order chi connectivity index (χ0) is 18.6. The quantitative estimate of drug-likeness (QED) is 0.851. The van der Waals surface area contributed by atoms with E-state index in [0.29, 0.717) is 12.3 Å². The van der Waals surface area contributed by atoms with Crippen LogP contribution >= 0.6 is 0 Å². The summed E-state index contributed by atoms with van der Waals surface area (Å²) in [6.45, 7) is 4.42. The Kier molecular flexibility index (Phi) is 5.81. The van der Waals surface area contributed by atoms with Crippen LogP contribution in [0.2, 0.25) is 0 Å². The number of nitrogens with zero attached hydrogens (tertiary/aromatic N) is 1. The number of carbonyl (C=O) groups excluding carboxylic acids is 1. The number of hydrogen-bond donors (Lipinski definition) is 1.